The van der Waals surface area contributed by atoms with E-state index in [4.69, 9.17) is 16.6 Å². The van der Waals surface area contributed by atoms with Crippen LogP contribution in [0.1, 0.15) is 41.1 Å². The number of carboxylic acid groups (broad SMARTS) is 1. The molecule has 0 spiro atoms. The minimum atomic E-state index is -0.774. The number of nitrogens with zero attached hydrogens (tertiary/aromatic N) is 1. The van der Waals surface area contributed by atoms with Crippen LogP contribution in [-0.4, -0.2) is 28.6 Å². The van der Waals surface area contributed by atoms with Gasteiger partial charge in [-0.05, 0) is 89.0 Å². The number of hydrogen-bond donors (Lipinski definition) is 2. The van der Waals surface area contributed by atoms with Gasteiger partial charge in [0.25, 0.3) is 0 Å². The SMILES string of the molecule is O=C(O)C1CC([C@@H]2c3ccc(Cl)cc3CCc3cc(Br)cnc32)CCN1. The Bertz CT molecular complexity index is 804. The Balaban J connectivity index is 1.82. The summed E-state index contributed by atoms with van der Waals surface area (Å²) in [5, 5.41) is 13.3. The maximum atomic E-state index is 11.5. The number of aryl methyl sites for hydroxylation is 2. The molecule has 1 aromatic carbocycles. The molecule has 1 fully saturated rings. The molecule has 2 N–H and O–H groups in total. The third-order valence-electron chi connectivity index (χ3n) is 5.58. The van der Waals surface area contributed by atoms with Gasteiger partial charge in [-0.2, -0.15) is 0 Å². The number of rotatable bonds is 2. The predicted molar refractivity (Wildman–Crippen MR) is 105 cm³/mol. The zero-order chi connectivity index (χ0) is 18.3. The van der Waals surface area contributed by atoms with Gasteiger partial charge >= 0.3 is 5.97 Å². The lowest BCUT2D eigenvalue weighted by Crippen LogP contribution is -2.45. The Morgan fingerprint density at radius 2 is 2.08 bits per heavy atom. The Hall–Kier alpha value is -1.43. The minimum Gasteiger partial charge on any atom is -0.480 e. The Morgan fingerprint density at radius 1 is 1.27 bits per heavy atom. The molecular formula is C20H20BrClN2O2. The third kappa shape index (κ3) is 3.40. The molecule has 0 radical (unpaired) electrons. The van der Waals surface area contributed by atoms with Crippen molar-refractivity contribution in [2.75, 3.05) is 6.54 Å². The van der Waals surface area contributed by atoms with Crippen molar-refractivity contribution >= 4 is 33.5 Å². The van der Waals surface area contributed by atoms with Crippen LogP contribution >= 0.6 is 27.5 Å². The number of pyridine rings is 1. The molecular weight excluding hydrogens is 416 g/mol. The maximum absolute atomic E-state index is 11.5. The molecule has 0 saturated carbocycles. The molecule has 4 rings (SSSR count). The summed E-state index contributed by atoms with van der Waals surface area (Å²) in [6.45, 7) is 0.715. The number of carbonyl (C=O) groups is 1. The molecule has 2 heterocycles. The highest BCUT2D eigenvalue weighted by molar-refractivity contribution is 9.10. The smallest absolute Gasteiger partial charge is 0.320 e. The summed E-state index contributed by atoms with van der Waals surface area (Å²) in [4.78, 5) is 16.3. The highest BCUT2D eigenvalue weighted by Gasteiger charge is 2.36. The first-order valence-corrected chi connectivity index (χ1v) is 10.1. The number of aliphatic carboxylic acids is 1. The number of benzene rings is 1. The second-order valence-electron chi connectivity index (χ2n) is 7.15. The molecule has 2 aromatic rings. The fourth-order valence-electron chi connectivity index (χ4n) is 4.40. The predicted octanol–water partition coefficient (Wildman–Crippen LogP) is 4.18. The molecule has 136 valence electrons. The van der Waals surface area contributed by atoms with E-state index >= 15 is 0 Å². The molecule has 0 amide bonds. The van der Waals surface area contributed by atoms with Crippen molar-refractivity contribution in [1.82, 2.24) is 10.3 Å². The summed E-state index contributed by atoms with van der Waals surface area (Å²) in [6, 6.07) is 7.76. The zero-order valence-electron chi connectivity index (χ0n) is 14.2. The first kappa shape index (κ1) is 18.0. The fourth-order valence-corrected chi connectivity index (χ4v) is 4.97. The van der Waals surface area contributed by atoms with Gasteiger partial charge in [0.05, 0.1) is 5.69 Å². The van der Waals surface area contributed by atoms with Crippen molar-refractivity contribution < 1.29 is 9.90 Å². The quantitative estimate of drug-likeness (QED) is 0.743. The fraction of sp³-hybridized carbons (Fsp3) is 0.400. The average Bonchev–Trinajstić information content (AvgIpc) is 2.78. The monoisotopic (exact) mass is 434 g/mol. The van der Waals surface area contributed by atoms with E-state index in [2.05, 4.69) is 39.4 Å². The lowest BCUT2D eigenvalue weighted by atomic mass is 9.75. The summed E-state index contributed by atoms with van der Waals surface area (Å²) in [6.07, 6.45) is 5.24. The van der Waals surface area contributed by atoms with E-state index in [-0.39, 0.29) is 11.8 Å². The number of aromatic nitrogens is 1. The van der Waals surface area contributed by atoms with Crippen LogP contribution in [0.3, 0.4) is 0 Å². The largest absolute Gasteiger partial charge is 0.480 e. The van der Waals surface area contributed by atoms with Crippen LogP contribution in [0.5, 0.6) is 0 Å². The molecule has 0 bridgehead atoms. The summed E-state index contributed by atoms with van der Waals surface area (Å²) in [5.74, 6) is -0.428. The first-order valence-electron chi connectivity index (χ1n) is 8.91. The van der Waals surface area contributed by atoms with Crippen LogP contribution in [0.4, 0.5) is 0 Å². The molecule has 1 aliphatic heterocycles. The third-order valence-corrected chi connectivity index (χ3v) is 6.25. The molecule has 1 aromatic heterocycles. The molecule has 26 heavy (non-hydrogen) atoms. The second-order valence-corrected chi connectivity index (χ2v) is 8.50. The van der Waals surface area contributed by atoms with Crippen LogP contribution in [0.15, 0.2) is 34.9 Å². The van der Waals surface area contributed by atoms with Crippen molar-refractivity contribution in [2.24, 2.45) is 5.92 Å². The van der Waals surface area contributed by atoms with Gasteiger partial charge in [0.15, 0.2) is 0 Å². The Labute approximate surface area is 166 Å². The topological polar surface area (TPSA) is 62.2 Å². The van der Waals surface area contributed by atoms with E-state index in [0.29, 0.717) is 13.0 Å². The van der Waals surface area contributed by atoms with Crippen molar-refractivity contribution in [3.8, 4) is 0 Å². The van der Waals surface area contributed by atoms with Gasteiger partial charge in [-0.1, -0.05) is 17.7 Å². The summed E-state index contributed by atoms with van der Waals surface area (Å²) in [5.41, 5.74) is 4.83. The van der Waals surface area contributed by atoms with E-state index in [1.54, 1.807) is 0 Å². The molecule has 1 aliphatic carbocycles. The average molecular weight is 436 g/mol. The van der Waals surface area contributed by atoms with E-state index < -0.39 is 12.0 Å². The molecule has 2 unspecified atom stereocenters. The van der Waals surface area contributed by atoms with E-state index in [0.717, 1.165) is 34.5 Å². The van der Waals surface area contributed by atoms with Crippen molar-refractivity contribution in [2.45, 2.75) is 37.6 Å². The number of halogens is 2. The lowest BCUT2D eigenvalue weighted by Gasteiger charge is -2.34. The lowest BCUT2D eigenvalue weighted by molar-refractivity contribution is -0.140. The van der Waals surface area contributed by atoms with Gasteiger partial charge < -0.3 is 10.4 Å². The van der Waals surface area contributed by atoms with Gasteiger partial charge in [-0.3, -0.25) is 9.78 Å². The highest BCUT2D eigenvalue weighted by atomic mass is 79.9. The molecule has 4 nitrogen and oxygen atoms in total. The van der Waals surface area contributed by atoms with Crippen LogP contribution in [-0.2, 0) is 17.6 Å². The van der Waals surface area contributed by atoms with Crippen molar-refractivity contribution in [3.63, 3.8) is 0 Å². The van der Waals surface area contributed by atoms with Crippen LogP contribution < -0.4 is 5.32 Å². The van der Waals surface area contributed by atoms with E-state index in [9.17, 15) is 9.90 Å². The van der Waals surface area contributed by atoms with Crippen LogP contribution in [0, 0.1) is 5.92 Å². The first-order chi connectivity index (χ1) is 12.5. The number of fused-ring (bicyclic) bond motifs is 2. The Kier molecular flexibility index (Phi) is 5.04. The van der Waals surface area contributed by atoms with Gasteiger partial charge in [-0.15, -0.1) is 0 Å². The molecule has 6 heteroatoms. The van der Waals surface area contributed by atoms with Crippen molar-refractivity contribution in [3.05, 3.63) is 62.3 Å². The summed E-state index contributed by atoms with van der Waals surface area (Å²) < 4.78 is 0.979. The number of hydrogen-bond acceptors (Lipinski definition) is 3. The number of nitrogens with one attached hydrogen (secondary N) is 1. The standard InChI is InChI=1S/C20H20BrClN2O2/c21-14-7-13-2-1-11-8-15(22)3-4-16(11)18(19(13)24-10-14)12-5-6-23-17(9-12)20(25)26/h3-4,7-8,10,12,17-18,23H,1-2,5-6,9H2,(H,25,26)/t12?,17?,18-/m1/s1. The summed E-state index contributed by atoms with van der Waals surface area (Å²) in [7, 11) is 0. The van der Waals surface area contributed by atoms with Gasteiger partial charge in [-0.25, -0.2) is 0 Å². The van der Waals surface area contributed by atoms with Gasteiger partial charge in [0.1, 0.15) is 6.04 Å². The molecule has 3 atom stereocenters. The van der Waals surface area contributed by atoms with Gasteiger partial charge in [0.2, 0.25) is 0 Å². The van der Waals surface area contributed by atoms with Crippen LogP contribution in [0.2, 0.25) is 5.02 Å². The van der Waals surface area contributed by atoms with E-state index in [1.165, 1.54) is 16.7 Å². The summed E-state index contributed by atoms with van der Waals surface area (Å²) >= 11 is 9.79. The number of carboxylic acids is 1. The van der Waals surface area contributed by atoms with E-state index in [1.807, 2.05) is 12.3 Å². The normalized spacial score (nSPS) is 25.1. The highest BCUT2D eigenvalue weighted by Crippen LogP contribution is 2.43. The second kappa shape index (κ2) is 7.29. The number of piperidine rings is 1. The maximum Gasteiger partial charge on any atom is 0.320 e. The zero-order valence-corrected chi connectivity index (χ0v) is 16.6. The molecule has 1 saturated heterocycles. The van der Waals surface area contributed by atoms with Crippen molar-refractivity contribution in [1.29, 1.82) is 0 Å². The van der Waals surface area contributed by atoms with Crippen LogP contribution in [0.25, 0.3) is 0 Å². The minimum absolute atomic E-state index is 0.108. The molecule has 2 aliphatic rings. The van der Waals surface area contributed by atoms with Gasteiger partial charge in [0, 0.05) is 21.6 Å². The Morgan fingerprint density at radius 3 is 2.88 bits per heavy atom.